The Labute approximate surface area is 288 Å². The van der Waals surface area contributed by atoms with Crippen LogP contribution in [0.2, 0.25) is 0 Å². The van der Waals surface area contributed by atoms with Crippen molar-refractivity contribution in [2.75, 3.05) is 0 Å². The molecule has 0 aliphatic rings. The lowest BCUT2D eigenvalue weighted by Gasteiger charge is -2.18. The molecule has 0 saturated carbocycles. The molecule has 6 rings (SSSR count). The van der Waals surface area contributed by atoms with Crippen molar-refractivity contribution in [3.8, 4) is 22.5 Å². The number of benzene rings is 4. The molecule has 1 atom stereocenters. The molecule has 0 unspecified atom stereocenters. The van der Waals surface area contributed by atoms with E-state index in [1.54, 1.807) is 36.4 Å². The zero-order chi connectivity index (χ0) is 34.7. The maximum absolute atomic E-state index is 13.6. The second kappa shape index (κ2) is 16.1. The summed E-state index contributed by atoms with van der Waals surface area (Å²) in [6.45, 7) is 2.55. The van der Waals surface area contributed by atoms with E-state index in [9.17, 15) is 14.4 Å². The molecule has 0 aliphatic heterocycles. The zero-order valence-corrected chi connectivity index (χ0v) is 27.5. The molecule has 6 aromatic rings. The lowest BCUT2D eigenvalue weighted by Crippen LogP contribution is -2.41. The van der Waals surface area contributed by atoms with Crippen LogP contribution in [0.15, 0.2) is 115 Å². The maximum Gasteiger partial charge on any atom is 0.362 e. The highest BCUT2D eigenvalue weighted by Crippen LogP contribution is 2.30. The number of amides is 2. The predicted octanol–water partition coefficient (Wildman–Crippen LogP) is 5.35. The predicted molar refractivity (Wildman–Crippen MR) is 186 cm³/mol. The van der Waals surface area contributed by atoms with Crippen molar-refractivity contribution in [1.29, 1.82) is 0 Å². The average Bonchev–Trinajstić information content (AvgIpc) is 3.83. The highest BCUT2D eigenvalue weighted by atomic mass is 16.7. The molecule has 0 fully saturated rings. The van der Waals surface area contributed by atoms with E-state index < -0.39 is 23.8 Å². The van der Waals surface area contributed by atoms with E-state index in [-0.39, 0.29) is 12.1 Å². The van der Waals surface area contributed by atoms with Gasteiger partial charge in [-0.3, -0.25) is 14.3 Å². The van der Waals surface area contributed by atoms with Crippen molar-refractivity contribution >= 4 is 17.8 Å². The van der Waals surface area contributed by atoms with Gasteiger partial charge in [0.05, 0.1) is 18.5 Å². The third-order valence-corrected chi connectivity index (χ3v) is 8.09. The minimum atomic E-state index is -0.681. The van der Waals surface area contributed by atoms with Gasteiger partial charge in [-0.05, 0) is 63.7 Å². The molecular weight excluding hydrogens is 632 g/mol. The summed E-state index contributed by atoms with van der Waals surface area (Å²) >= 11 is 0. The molecule has 0 radical (unpaired) electrons. The van der Waals surface area contributed by atoms with Crippen molar-refractivity contribution in [2.45, 2.75) is 45.2 Å². The molecule has 12 nitrogen and oxygen atoms in total. The van der Waals surface area contributed by atoms with Crippen LogP contribution in [0.4, 0.5) is 0 Å². The van der Waals surface area contributed by atoms with Crippen molar-refractivity contribution in [3.63, 3.8) is 0 Å². The topological polar surface area (TPSA) is 157 Å². The van der Waals surface area contributed by atoms with Gasteiger partial charge >= 0.3 is 5.97 Å². The summed E-state index contributed by atoms with van der Waals surface area (Å²) in [6, 6.07) is 35.2. The number of aromatic nitrogens is 6. The fraction of sp³-hybridized carbons (Fsp3) is 0.184. The molecule has 12 heteroatoms. The van der Waals surface area contributed by atoms with E-state index in [2.05, 4.69) is 38.3 Å². The van der Waals surface area contributed by atoms with Gasteiger partial charge in [0.25, 0.3) is 11.8 Å². The van der Waals surface area contributed by atoms with Gasteiger partial charge in [-0.2, -0.15) is 10.6 Å². The summed E-state index contributed by atoms with van der Waals surface area (Å²) in [7, 11) is 0. The fourth-order valence-corrected chi connectivity index (χ4v) is 5.67. The van der Waals surface area contributed by atoms with Gasteiger partial charge in [0.2, 0.25) is 0 Å². The highest BCUT2D eigenvalue weighted by molar-refractivity contribution is 5.93. The number of carbonyl (C=O) groups is 3. The number of aromatic amines is 1. The number of nitrogens with one attached hydrogen (secondary N) is 3. The number of nitrogens with zero attached hydrogens (tertiary/aromatic N) is 5. The largest absolute Gasteiger partial charge is 0.362 e. The quantitative estimate of drug-likeness (QED) is 0.139. The second-order valence-electron chi connectivity index (χ2n) is 11.8. The second-order valence-corrected chi connectivity index (χ2v) is 11.8. The first-order valence-corrected chi connectivity index (χ1v) is 16.4. The molecule has 2 aromatic heterocycles. The van der Waals surface area contributed by atoms with Crippen molar-refractivity contribution in [2.24, 2.45) is 0 Å². The first-order chi connectivity index (χ1) is 24.5. The molecule has 0 bridgehead atoms. The summed E-state index contributed by atoms with van der Waals surface area (Å²) in [5.74, 6) is -1.03. The molecule has 2 heterocycles. The Hall–Kier alpha value is -6.43. The summed E-state index contributed by atoms with van der Waals surface area (Å²) in [5.41, 5.74) is 8.57. The summed E-state index contributed by atoms with van der Waals surface area (Å²) in [5, 5.41) is 22.0. The highest BCUT2D eigenvalue weighted by Gasteiger charge is 2.22. The van der Waals surface area contributed by atoms with Gasteiger partial charge in [-0.25, -0.2) is 9.89 Å². The number of tetrazole rings is 1. The first kappa shape index (κ1) is 33.5. The Balaban J connectivity index is 1.15. The van der Waals surface area contributed by atoms with Crippen LogP contribution in [0.25, 0.3) is 22.5 Å². The average molecular weight is 669 g/mol. The van der Waals surface area contributed by atoms with Crippen LogP contribution >= 0.6 is 0 Å². The Morgan fingerprint density at radius 1 is 0.840 bits per heavy atom. The van der Waals surface area contributed by atoms with E-state index in [1.807, 2.05) is 83.5 Å². The molecule has 0 saturated heterocycles. The smallest absolute Gasteiger partial charge is 0.347 e. The number of rotatable bonds is 13. The normalized spacial score (nSPS) is 11.5. The lowest BCUT2D eigenvalue weighted by atomic mass is 9.98. The van der Waals surface area contributed by atoms with Crippen molar-refractivity contribution in [1.82, 2.24) is 41.2 Å². The van der Waals surface area contributed by atoms with Crippen LogP contribution in [-0.2, 0) is 29.0 Å². The number of carbonyl (C=O) groups excluding carboxylic acids is 3. The van der Waals surface area contributed by atoms with E-state index in [0.29, 0.717) is 24.4 Å². The number of H-pyrrole nitrogens is 1. The van der Waals surface area contributed by atoms with Crippen LogP contribution in [-0.4, -0.2) is 54.2 Å². The number of aryl methyl sites for hydroxylation is 1. The Morgan fingerprint density at radius 2 is 1.54 bits per heavy atom. The lowest BCUT2D eigenvalue weighted by molar-refractivity contribution is -0.130. The number of hydrogen-bond donors (Lipinski definition) is 3. The standard InChI is InChI=1S/C38H36N8O4/c1-2-11-31-24-34(42-46(31)25-27-18-20-28(21-19-27)32-16-9-10-17-33(32)36-40-44-45-41-36)37(48)39-30(22-26-12-5-3-6-13-26)23-35(47)43-50-38(49)29-14-7-4-8-15-29/h3-10,12-21,24,30H,2,11,22-23,25H2,1H3,(H,39,48)(H,43,47)(H,40,41,44,45)/t30-/m1/s1. The molecule has 252 valence electrons. The first-order valence-electron chi connectivity index (χ1n) is 16.4. The molecule has 0 aliphatic carbocycles. The van der Waals surface area contributed by atoms with Crippen LogP contribution < -0.4 is 10.8 Å². The van der Waals surface area contributed by atoms with Gasteiger partial charge in [-0.1, -0.05) is 110 Å². The van der Waals surface area contributed by atoms with Crippen LogP contribution in [0.1, 0.15) is 57.4 Å². The Morgan fingerprint density at radius 3 is 2.24 bits per heavy atom. The summed E-state index contributed by atoms with van der Waals surface area (Å²) < 4.78 is 1.85. The minimum absolute atomic E-state index is 0.117. The maximum atomic E-state index is 13.6. The third-order valence-electron chi connectivity index (χ3n) is 8.09. The van der Waals surface area contributed by atoms with Crippen molar-refractivity contribution in [3.05, 3.63) is 143 Å². The van der Waals surface area contributed by atoms with Gasteiger partial charge in [0.1, 0.15) is 5.69 Å². The Bertz CT molecular complexity index is 2030. The van der Waals surface area contributed by atoms with E-state index >= 15 is 0 Å². The SMILES string of the molecule is CCCc1cc(C(=O)N[C@@H](CC(=O)NOC(=O)c2ccccc2)Cc2ccccc2)nn1Cc1ccc(-c2ccccc2-c2nnn[nH]2)cc1. The molecular formula is C38H36N8O4. The Kier molecular flexibility index (Phi) is 10.8. The fourth-order valence-electron chi connectivity index (χ4n) is 5.67. The van der Waals surface area contributed by atoms with E-state index in [1.165, 1.54) is 0 Å². The number of hydroxylamine groups is 1. The van der Waals surface area contributed by atoms with Gasteiger partial charge in [0.15, 0.2) is 5.82 Å². The molecule has 0 spiro atoms. The van der Waals surface area contributed by atoms with Crippen LogP contribution in [0, 0.1) is 0 Å². The van der Waals surface area contributed by atoms with Gasteiger partial charge in [-0.15, -0.1) is 5.10 Å². The minimum Gasteiger partial charge on any atom is -0.347 e. The van der Waals surface area contributed by atoms with E-state index in [4.69, 9.17) is 9.94 Å². The third kappa shape index (κ3) is 8.53. The summed E-state index contributed by atoms with van der Waals surface area (Å²) in [6.07, 6.45) is 1.88. The molecule has 3 N–H and O–H groups in total. The monoisotopic (exact) mass is 668 g/mol. The van der Waals surface area contributed by atoms with Crippen LogP contribution in [0.5, 0.6) is 0 Å². The summed E-state index contributed by atoms with van der Waals surface area (Å²) in [4.78, 5) is 43.8. The van der Waals surface area contributed by atoms with E-state index in [0.717, 1.165) is 46.4 Å². The molecule has 2 amide bonds. The number of hydrogen-bond acceptors (Lipinski definition) is 8. The van der Waals surface area contributed by atoms with Crippen LogP contribution in [0.3, 0.4) is 0 Å². The van der Waals surface area contributed by atoms with Crippen molar-refractivity contribution < 1.29 is 19.2 Å². The molecule has 4 aromatic carbocycles. The zero-order valence-electron chi connectivity index (χ0n) is 27.5. The van der Waals surface area contributed by atoms with Gasteiger partial charge in [0, 0.05) is 17.3 Å². The van der Waals surface area contributed by atoms with Gasteiger partial charge < -0.3 is 10.2 Å². The molecule has 50 heavy (non-hydrogen) atoms.